The van der Waals surface area contributed by atoms with Crippen LogP contribution in [0.15, 0.2) is 176 Å². The fourth-order valence-electron chi connectivity index (χ4n) is 7.74. The summed E-state index contributed by atoms with van der Waals surface area (Å²) in [6, 6.07) is 59.1. The van der Waals surface area contributed by atoms with Crippen molar-refractivity contribution in [2.45, 2.75) is 0 Å². The zero-order valence-corrected chi connectivity index (χ0v) is 29.3. The van der Waals surface area contributed by atoms with E-state index in [4.69, 9.17) is 10.1 Å². The van der Waals surface area contributed by atoms with Crippen LogP contribution in [0.4, 0.5) is 0 Å². The number of nitrogens with zero attached hydrogens (tertiary/aromatic N) is 3. The Hall–Kier alpha value is -6.35. The summed E-state index contributed by atoms with van der Waals surface area (Å²) in [4.78, 5) is 5.08. The molecule has 7 aromatic carbocycles. The molecule has 0 aliphatic carbocycles. The highest BCUT2D eigenvalue weighted by Gasteiger charge is 2.34. The van der Waals surface area contributed by atoms with Crippen molar-refractivity contribution in [3.8, 4) is 67.0 Å². The number of pyridine rings is 1. The van der Waals surface area contributed by atoms with Gasteiger partial charge in [-0.3, -0.25) is 0 Å². The zero-order chi connectivity index (χ0) is 34.8. The van der Waals surface area contributed by atoms with E-state index in [-0.39, 0.29) is 0 Å². The first-order valence-corrected chi connectivity index (χ1v) is 19.6. The third-order valence-corrected chi connectivity index (χ3v) is 13.0. The van der Waals surface area contributed by atoms with E-state index in [9.17, 15) is 4.57 Å². The van der Waals surface area contributed by atoms with E-state index in [1.807, 2.05) is 41.5 Å². The molecule has 10 rings (SSSR count). The van der Waals surface area contributed by atoms with Crippen LogP contribution in [0.1, 0.15) is 0 Å². The Morgan fingerprint density at radius 3 is 1.88 bits per heavy atom. The maximum absolute atomic E-state index is 14.2. The number of fused-ring (bicyclic) bond motifs is 5. The number of hydrogen-bond donors (Lipinski definition) is 0. The van der Waals surface area contributed by atoms with Gasteiger partial charge in [0.1, 0.15) is 7.14 Å². The molecule has 2 aromatic heterocycles. The Balaban J connectivity index is 1.05. The molecular weight excluding hydrogens is 654 g/mol. The van der Waals surface area contributed by atoms with E-state index >= 15 is 0 Å². The van der Waals surface area contributed by atoms with Crippen LogP contribution in [0.3, 0.4) is 0 Å². The SMILES string of the molecule is CP1(=O)c2ccccc2-c2ccc(-c3cc(-c4ccc(-c5nc6c(-c7ccccc7)cc(-c7ccccc7)cn6n5)cc4)cc4ccccc34)cc21. The first-order chi connectivity index (χ1) is 25.5. The highest BCUT2D eigenvalue weighted by Crippen LogP contribution is 2.51. The average molecular weight is 686 g/mol. The highest BCUT2D eigenvalue weighted by molar-refractivity contribution is 7.79. The summed E-state index contributed by atoms with van der Waals surface area (Å²) >= 11 is 0. The number of aromatic nitrogens is 3. The Morgan fingerprint density at radius 2 is 1.08 bits per heavy atom. The van der Waals surface area contributed by atoms with Gasteiger partial charge < -0.3 is 4.57 Å². The molecule has 0 bridgehead atoms. The first kappa shape index (κ1) is 30.5. The van der Waals surface area contributed by atoms with Crippen molar-refractivity contribution in [1.29, 1.82) is 0 Å². The largest absolute Gasteiger partial charge is 0.314 e. The monoisotopic (exact) mass is 685 g/mol. The van der Waals surface area contributed by atoms with Gasteiger partial charge in [0.15, 0.2) is 11.5 Å². The topological polar surface area (TPSA) is 47.3 Å². The van der Waals surface area contributed by atoms with Crippen molar-refractivity contribution in [2.75, 3.05) is 6.66 Å². The molecule has 1 atom stereocenters. The molecule has 0 radical (unpaired) electrons. The molecule has 0 N–H and O–H groups in total. The lowest BCUT2D eigenvalue weighted by molar-refractivity contribution is 0.591. The van der Waals surface area contributed by atoms with Crippen LogP contribution in [-0.2, 0) is 4.57 Å². The van der Waals surface area contributed by atoms with Gasteiger partial charge in [-0.2, -0.15) is 0 Å². The lowest BCUT2D eigenvalue weighted by Crippen LogP contribution is -2.08. The summed E-state index contributed by atoms with van der Waals surface area (Å²) in [6.45, 7) is 1.90. The second kappa shape index (κ2) is 11.9. The highest BCUT2D eigenvalue weighted by atomic mass is 31.2. The molecule has 246 valence electrons. The van der Waals surface area contributed by atoms with Crippen molar-refractivity contribution in [2.24, 2.45) is 0 Å². The van der Waals surface area contributed by atoms with Crippen molar-refractivity contribution in [1.82, 2.24) is 14.6 Å². The van der Waals surface area contributed by atoms with Gasteiger partial charge in [-0.05, 0) is 86.2 Å². The molecule has 1 unspecified atom stereocenters. The van der Waals surface area contributed by atoms with Crippen LogP contribution in [0.5, 0.6) is 0 Å². The molecule has 1 aliphatic rings. The molecule has 1 aliphatic heterocycles. The summed E-state index contributed by atoms with van der Waals surface area (Å²) in [5.41, 5.74) is 12.7. The molecule has 3 heterocycles. The minimum Gasteiger partial charge on any atom is -0.314 e. The van der Waals surface area contributed by atoms with Gasteiger partial charge in [0.2, 0.25) is 0 Å². The standard InChI is InChI=1S/C47H32N3OP/c1-52(51)44-19-11-10-18-40(44)41-25-24-36(29-45(41)52)42-27-37(26-35-16-8-9-17-39(35)42)32-20-22-34(23-21-32)46-48-47-43(33-14-6-3-7-15-33)28-38(30-50(47)49-46)31-12-4-2-5-13-31/h2-30H,1H3. The predicted molar refractivity (Wildman–Crippen MR) is 216 cm³/mol. The van der Waals surface area contributed by atoms with E-state index in [2.05, 4.69) is 146 Å². The van der Waals surface area contributed by atoms with Crippen molar-refractivity contribution < 1.29 is 4.57 Å². The summed E-state index contributed by atoms with van der Waals surface area (Å²) in [6.07, 6.45) is 2.06. The van der Waals surface area contributed by atoms with Gasteiger partial charge in [0.05, 0.1) is 0 Å². The Morgan fingerprint density at radius 1 is 0.462 bits per heavy atom. The van der Waals surface area contributed by atoms with Crippen molar-refractivity contribution >= 4 is 34.2 Å². The van der Waals surface area contributed by atoms with Crippen molar-refractivity contribution in [3.05, 3.63) is 176 Å². The van der Waals surface area contributed by atoms with Crippen LogP contribution >= 0.6 is 7.14 Å². The third kappa shape index (κ3) is 4.95. The van der Waals surface area contributed by atoms with Crippen LogP contribution in [0, 0.1) is 0 Å². The van der Waals surface area contributed by atoms with Gasteiger partial charge in [0.25, 0.3) is 0 Å². The smallest absolute Gasteiger partial charge is 0.182 e. The van der Waals surface area contributed by atoms with E-state index in [1.54, 1.807) is 0 Å². The molecule has 5 heteroatoms. The summed E-state index contributed by atoms with van der Waals surface area (Å²) in [5.74, 6) is 0.677. The first-order valence-electron chi connectivity index (χ1n) is 17.5. The maximum Gasteiger partial charge on any atom is 0.182 e. The molecule has 0 spiro atoms. The van der Waals surface area contributed by atoms with Gasteiger partial charge >= 0.3 is 0 Å². The predicted octanol–water partition coefficient (Wildman–Crippen LogP) is 11.1. The molecule has 9 aromatic rings. The van der Waals surface area contributed by atoms with Crippen molar-refractivity contribution in [3.63, 3.8) is 0 Å². The van der Waals surface area contributed by atoms with Crippen LogP contribution in [-0.4, -0.2) is 21.3 Å². The van der Waals surface area contributed by atoms with Gasteiger partial charge in [0, 0.05) is 33.5 Å². The van der Waals surface area contributed by atoms with Crippen LogP contribution in [0.2, 0.25) is 0 Å². The van der Waals surface area contributed by atoms with Gasteiger partial charge in [-0.15, -0.1) is 5.10 Å². The fraction of sp³-hybridized carbons (Fsp3) is 0.0213. The summed E-state index contributed by atoms with van der Waals surface area (Å²) < 4.78 is 16.1. The van der Waals surface area contributed by atoms with Crippen LogP contribution in [0.25, 0.3) is 83.4 Å². The minimum absolute atomic E-state index is 0.677. The van der Waals surface area contributed by atoms with E-state index < -0.39 is 7.14 Å². The Labute approximate surface area is 302 Å². The quantitative estimate of drug-likeness (QED) is 0.169. The average Bonchev–Trinajstić information content (AvgIpc) is 3.74. The van der Waals surface area contributed by atoms with Gasteiger partial charge in [-0.1, -0.05) is 146 Å². The molecule has 0 fully saturated rings. The number of hydrogen-bond acceptors (Lipinski definition) is 3. The summed E-state index contributed by atoms with van der Waals surface area (Å²) in [5, 5.41) is 9.21. The third-order valence-electron chi connectivity index (χ3n) is 10.4. The maximum atomic E-state index is 14.2. The minimum atomic E-state index is -2.70. The Bertz CT molecular complexity index is 2880. The molecule has 0 saturated carbocycles. The Kier molecular flexibility index (Phi) is 6.96. The lowest BCUT2D eigenvalue weighted by Gasteiger charge is -2.14. The zero-order valence-electron chi connectivity index (χ0n) is 28.4. The molecule has 0 amide bonds. The van der Waals surface area contributed by atoms with Crippen LogP contribution < -0.4 is 10.6 Å². The lowest BCUT2D eigenvalue weighted by atomic mass is 9.92. The second-order valence-electron chi connectivity index (χ2n) is 13.6. The second-order valence-corrected chi connectivity index (χ2v) is 16.4. The number of rotatable bonds is 5. The van der Waals surface area contributed by atoms with E-state index in [1.165, 1.54) is 5.39 Å². The fourth-order valence-corrected chi connectivity index (χ4v) is 10.1. The number of benzene rings is 7. The normalized spacial score (nSPS) is 14.8. The molecule has 4 nitrogen and oxygen atoms in total. The molecule has 0 saturated heterocycles. The van der Waals surface area contributed by atoms with E-state index in [0.29, 0.717) is 5.82 Å². The van der Waals surface area contributed by atoms with Gasteiger partial charge in [-0.25, -0.2) is 9.50 Å². The van der Waals surface area contributed by atoms with E-state index in [0.717, 1.165) is 82.8 Å². The molecular formula is C47H32N3OP. The molecule has 52 heavy (non-hydrogen) atoms. The summed E-state index contributed by atoms with van der Waals surface area (Å²) in [7, 11) is -2.70.